The van der Waals surface area contributed by atoms with E-state index in [1.165, 1.54) is 0 Å². The van der Waals surface area contributed by atoms with Gasteiger partial charge in [-0.3, -0.25) is 4.79 Å². The summed E-state index contributed by atoms with van der Waals surface area (Å²) < 4.78 is 7.54. The number of nitrogens with zero attached hydrogens (tertiary/aromatic N) is 2. The van der Waals surface area contributed by atoms with Crippen molar-refractivity contribution in [3.8, 4) is 0 Å². The maximum absolute atomic E-state index is 11.7. The van der Waals surface area contributed by atoms with Crippen LogP contribution in [-0.2, 0) is 15.6 Å². The second-order valence-electron chi connectivity index (χ2n) is 6.21. The van der Waals surface area contributed by atoms with Gasteiger partial charge in [-0.25, -0.2) is 4.98 Å². The molecule has 0 aliphatic rings. The molecule has 0 fully saturated rings. The lowest BCUT2D eigenvalue weighted by atomic mass is 10.3. The lowest BCUT2D eigenvalue weighted by molar-refractivity contribution is -0.134. The average molecular weight is 270 g/mol. The van der Waals surface area contributed by atoms with Gasteiger partial charge in [0.05, 0.1) is 18.4 Å². The van der Waals surface area contributed by atoms with Gasteiger partial charge in [0.1, 0.15) is 0 Å². The number of hydrogen-bond acceptors (Lipinski definition) is 3. The smallest absolute Gasteiger partial charge is 0.298 e. The van der Waals surface area contributed by atoms with Crippen LogP contribution >= 0.6 is 0 Å². The molecule has 0 saturated heterocycles. The van der Waals surface area contributed by atoms with Crippen molar-refractivity contribution in [3.63, 3.8) is 0 Å². The lowest BCUT2D eigenvalue weighted by Gasteiger charge is -2.17. The van der Waals surface area contributed by atoms with Gasteiger partial charge >= 0.3 is 0 Å². The largest absolute Gasteiger partial charge is 0.520 e. The van der Waals surface area contributed by atoms with Crippen molar-refractivity contribution in [2.45, 2.75) is 45.7 Å². The highest BCUT2D eigenvalue weighted by molar-refractivity contribution is 6.74. The minimum absolute atomic E-state index is 0.162. The van der Waals surface area contributed by atoms with E-state index >= 15 is 0 Å². The Balaban J connectivity index is 2.65. The molecular weight excluding hydrogens is 248 g/mol. The summed E-state index contributed by atoms with van der Waals surface area (Å²) in [4.78, 5) is 15.9. The topological polar surface area (TPSA) is 44.1 Å². The number of rotatable bonds is 4. The third-order valence-electron chi connectivity index (χ3n) is 2.16. The molecule has 0 saturated carbocycles. The molecule has 1 rings (SSSR count). The summed E-state index contributed by atoms with van der Waals surface area (Å²) in [7, 11) is -3.18. The second kappa shape index (κ2) is 4.77. The molecule has 0 bridgehead atoms. The van der Waals surface area contributed by atoms with Crippen molar-refractivity contribution in [1.29, 1.82) is 0 Å². The van der Waals surface area contributed by atoms with Crippen molar-refractivity contribution < 1.29 is 9.22 Å². The minimum atomic E-state index is -1.78. The van der Waals surface area contributed by atoms with Gasteiger partial charge in [0.25, 0.3) is 5.97 Å². The molecule has 96 valence electrons. The van der Waals surface area contributed by atoms with Gasteiger partial charge in [0.15, 0.2) is 8.24 Å². The molecule has 6 heteroatoms. The molecule has 0 aliphatic carbocycles. The molecule has 0 aromatic carbocycles. The summed E-state index contributed by atoms with van der Waals surface area (Å²) in [6.07, 6.45) is 4.07. The highest BCUT2D eigenvalue weighted by Gasteiger charge is 2.21. The zero-order chi connectivity index (χ0) is 13.3. The van der Waals surface area contributed by atoms with E-state index < -0.39 is 16.6 Å². The average Bonchev–Trinajstić information content (AvgIpc) is 2.47. The Labute approximate surface area is 105 Å². The molecule has 0 radical (unpaired) electrons. The van der Waals surface area contributed by atoms with Crippen LogP contribution in [0.25, 0.3) is 0 Å². The van der Waals surface area contributed by atoms with Gasteiger partial charge in [0.2, 0.25) is 8.32 Å². The van der Waals surface area contributed by atoms with Crippen molar-refractivity contribution in [2.75, 3.05) is 0 Å². The first-order valence-corrected chi connectivity index (χ1v) is 12.7. The van der Waals surface area contributed by atoms with Crippen molar-refractivity contribution in [1.82, 2.24) is 9.22 Å². The van der Waals surface area contributed by atoms with E-state index in [2.05, 4.69) is 28.9 Å². The standard InChI is InChI=1S/C11H22N2O2Si2/c1-16(2,3)13-8-10(12-9-13)7-11(14)15-17(4,5)6/h8-9H,7H2,1-6H3. The van der Waals surface area contributed by atoms with Gasteiger partial charge in [-0.2, -0.15) is 0 Å². The van der Waals surface area contributed by atoms with Crippen LogP contribution in [0.3, 0.4) is 0 Å². The summed E-state index contributed by atoms with van der Waals surface area (Å²) in [5.41, 5.74) is 0.802. The molecule has 1 heterocycles. The maximum atomic E-state index is 11.7. The normalized spacial score (nSPS) is 12.6. The molecule has 0 atom stereocenters. The van der Waals surface area contributed by atoms with E-state index in [0.717, 1.165) is 5.69 Å². The van der Waals surface area contributed by atoms with E-state index in [0.29, 0.717) is 0 Å². The van der Waals surface area contributed by atoms with Gasteiger partial charge in [0, 0.05) is 6.20 Å². The Bertz CT molecular complexity index is 402. The fourth-order valence-corrected chi connectivity index (χ4v) is 3.04. The van der Waals surface area contributed by atoms with Crippen LogP contribution in [0.1, 0.15) is 5.69 Å². The number of hydrogen-bond donors (Lipinski definition) is 0. The molecule has 1 aromatic heterocycles. The Morgan fingerprint density at radius 3 is 2.29 bits per heavy atom. The fraction of sp³-hybridized carbons (Fsp3) is 0.636. The summed E-state index contributed by atoms with van der Waals surface area (Å²) in [5, 5.41) is 0. The van der Waals surface area contributed by atoms with Crippen LogP contribution in [0.15, 0.2) is 12.5 Å². The molecule has 0 amide bonds. The van der Waals surface area contributed by atoms with Gasteiger partial charge in [-0.05, 0) is 19.6 Å². The zero-order valence-corrected chi connectivity index (χ0v) is 13.6. The summed E-state index contributed by atoms with van der Waals surface area (Å²) in [5.74, 6) is -0.162. The predicted octanol–water partition coefficient (Wildman–Crippen LogP) is 2.49. The van der Waals surface area contributed by atoms with Crippen LogP contribution in [0.4, 0.5) is 0 Å². The summed E-state index contributed by atoms with van der Waals surface area (Å²) in [6.45, 7) is 12.7. The number of carbonyl (C=O) groups excluding carboxylic acids is 1. The molecule has 0 unspecified atom stereocenters. The van der Waals surface area contributed by atoms with Crippen molar-refractivity contribution in [3.05, 3.63) is 18.2 Å². The molecule has 0 N–H and O–H groups in total. The minimum Gasteiger partial charge on any atom is -0.520 e. The highest BCUT2D eigenvalue weighted by Crippen LogP contribution is 2.10. The van der Waals surface area contributed by atoms with E-state index in [1.807, 2.05) is 32.2 Å². The molecule has 17 heavy (non-hydrogen) atoms. The first-order valence-electron chi connectivity index (χ1n) is 5.83. The molecule has 0 aliphatic heterocycles. The van der Waals surface area contributed by atoms with E-state index in [1.54, 1.807) is 0 Å². The summed E-state index contributed by atoms with van der Waals surface area (Å²) in [6, 6.07) is 0. The van der Waals surface area contributed by atoms with Crippen molar-refractivity contribution >= 4 is 22.5 Å². The first kappa shape index (κ1) is 14.2. The zero-order valence-electron chi connectivity index (χ0n) is 11.6. The molecule has 1 aromatic rings. The molecular formula is C11H22N2O2Si2. The second-order valence-corrected chi connectivity index (χ2v) is 15.5. The Morgan fingerprint density at radius 1 is 1.29 bits per heavy atom. The van der Waals surface area contributed by atoms with Crippen LogP contribution in [0, 0.1) is 0 Å². The number of imidazole rings is 1. The van der Waals surface area contributed by atoms with E-state index in [9.17, 15) is 4.79 Å². The fourth-order valence-electron chi connectivity index (χ4n) is 1.35. The van der Waals surface area contributed by atoms with Crippen LogP contribution in [0.2, 0.25) is 39.3 Å². The monoisotopic (exact) mass is 270 g/mol. The third-order valence-corrected chi connectivity index (χ3v) is 4.79. The van der Waals surface area contributed by atoms with E-state index in [4.69, 9.17) is 4.43 Å². The van der Waals surface area contributed by atoms with Gasteiger partial charge in [-0.1, -0.05) is 19.6 Å². The summed E-state index contributed by atoms with van der Waals surface area (Å²) >= 11 is 0. The van der Waals surface area contributed by atoms with Gasteiger partial charge < -0.3 is 8.66 Å². The van der Waals surface area contributed by atoms with Crippen LogP contribution < -0.4 is 0 Å². The SMILES string of the molecule is C[Si](C)(C)OC(=O)Cc1cn([Si](C)(C)C)cn1. The Kier molecular flexibility index (Phi) is 3.98. The lowest BCUT2D eigenvalue weighted by Crippen LogP contribution is -2.31. The maximum Gasteiger partial charge on any atom is 0.298 e. The van der Waals surface area contributed by atoms with Gasteiger partial charge in [-0.15, -0.1) is 0 Å². The quantitative estimate of drug-likeness (QED) is 0.790. The Hall–Kier alpha value is -0.886. The molecule has 0 spiro atoms. The third kappa shape index (κ3) is 4.87. The highest BCUT2D eigenvalue weighted by atomic mass is 28.4. The Morgan fingerprint density at radius 2 is 1.88 bits per heavy atom. The van der Waals surface area contributed by atoms with Crippen molar-refractivity contribution in [2.24, 2.45) is 0 Å². The van der Waals surface area contributed by atoms with E-state index in [-0.39, 0.29) is 12.4 Å². The number of carbonyl (C=O) groups is 1. The van der Waals surface area contributed by atoms with Crippen LogP contribution in [-0.4, -0.2) is 31.7 Å². The first-order chi connectivity index (χ1) is 7.58. The number of aromatic nitrogens is 2. The molecule has 4 nitrogen and oxygen atoms in total. The predicted molar refractivity (Wildman–Crippen MR) is 74.1 cm³/mol. The van der Waals surface area contributed by atoms with Crippen LogP contribution in [0.5, 0.6) is 0 Å².